The summed E-state index contributed by atoms with van der Waals surface area (Å²) < 4.78 is 0. The molecular weight excluding hydrogens is 176 g/mol. The number of pyridine rings is 1. The first-order valence-electron chi connectivity index (χ1n) is 4.26. The van der Waals surface area contributed by atoms with Gasteiger partial charge in [0.05, 0.1) is 0 Å². The van der Waals surface area contributed by atoms with Gasteiger partial charge in [0.1, 0.15) is 5.75 Å². The van der Waals surface area contributed by atoms with Gasteiger partial charge in [-0.1, -0.05) is 0 Å². The number of anilines is 1. The maximum absolute atomic E-state index is 9.64. The number of hydrogen-bond donors (Lipinski definition) is 2. The third kappa shape index (κ3) is 1.52. The quantitative estimate of drug-likeness (QED) is 0.670. The molecule has 0 unspecified atom stereocenters. The first-order chi connectivity index (χ1) is 6.77. The maximum atomic E-state index is 9.64. The molecule has 0 saturated heterocycles. The number of phenolic OH excluding ortho intramolecular Hbond substituents is 1. The highest BCUT2D eigenvalue weighted by Crippen LogP contribution is 2.29. The number of aromatic hydroxyl groups is 1. The van der Waals surface area contributed by atoms with E-state index >= 15 is 0 Å². The van der Waals surface area contributed by atoms with Gasteiger partial charge < -0.3 is 10.8 Å². The van der Waals surface area contributed by atoms with E-state index in [1.807, 2.05) is 12.1 Å². The Bertz CT molecular complexity index is 440. The molecule has 3 heteroatoms. The highest BCUT2D eigenvalue weighted by atomic mass is 16.3. The molecule has 0 bridgehead atoms. The van der Waals surface area contributed by atoms with Crippen LogP contribution in [-0.4, -0.2) is 10.1 Å². The Labute approximate surface area is 81.8 Å². The van der Waals surface area contributed by atoms with Crippen molar-refractivity contribution >= 4 is 5.69 Å². The molecule has 1 aromatic heterocycles. The summed E-state index contributed by atoms with van der Waals surface area (Å²) in [6.07, 6.45) is 3.37. The van der Waals surface area contributed by atoms with Gasteiger partial charge in [-0.3, -0.25) is 4.98 Å². The Hall–Kier alpha value is -2.03. The number of nitrogens with zero attached hydrogens (tertiary/aromatic N) is 1. The topological polar surface area (TPSA) is 59.1 Å². The number of phenols is 1. The Morgan fingerprint density at radius 1 is 1.07 bits per heavy atom. The van der Waals surface area contributed by atoms with Gasteiger partial charge in [-0.05, 0) is 29.8 Å². The lowest BCUT2D eigenvalue weighted by Gasteiger charge is -2.04. The second-order valence-corrected chi connectivity index (χ2v) is 3.01. The molecule has 3 nitrogen and oxygen atoms in total. The predicted molar refractivity (Wildman–Crippen MR) is 55.8 cm³/mol. The molecular formula is C11H10N2O. The van der Waals surface area contributed by atoms with Crippen LogP contribution >= 0.6 is 0 Å². The zero-order chi connectivity index (χ0) is 9.97. The summed E-state index contributed by atoms with van der Waals surface area (Å²) >= 11 is 0. The molecule has 0 amide bonds. The van der Waals surface area contributed by atoms with Crippen LogP contribution < -0.4 is 5.73 Å². The van der Waals surface area contributed by atoms with Gasteiger partial charge in [-0.25, -0.2) is 0 Å². The molecule has 2 rings (SSSR count). The summed E-state index contributed by atoms with van der Waals surface area (Å²) in [5, 5.41) is 9.64. The van der Waals surface area contributed by atoms with E-state index in [1.165, 1.54) is 6.07 Å². The zero-order valence-corrected chi connectivity index (χ0v) is 7.51. The number of aromatic nitrogens is 1. The Kier molecular flexibility index (Phi) is 2.07. The third-order valence-electron chi connectivity index (χ3n) is 2.01. The van der Waals surface area contributed by atoms with E-state index in [0.29, 0.717) is 5.69 Å². The van der Waals surface area contributed by atoms with Crippen LogP contribution in [0.15, 0.2) is 42.7 Å². The summed E-state index contributed by atoms with van der Waals surface area (Å²) in [7, 11) is 0. The predicted octanol–water partition coefficient (Wildman–Crippen LogP) is 2.04. The summed E-state index contributed by atoms with van der Waals surface area (Å²) in [5.41, 5.74) is 7.78. The van der Waals surface area contributed by atoms with Crippen LogP contribution in [0.4, 0.5) is 5.69 Å². The SMILES string of the molecule is Nc1ccc(-c2ccncc2)c(O)c1. The summed E-state index contributed by atoms with van der Waals surface area (Å²) in [4.78, 5) is 3.91. The Balaban J connectivity index is 2.53. The number of rotatable bonds is 1. The first-order valence-corrected chi connectivity index (χ1v) is 4.26. The van der Waals surface area contributed by atoms with Gasteiger partial charge in [-0.2, -0.15) is 0 Å². The average Bonchev–Trinajstić information content (AvgIpc) is 2.19. The van der Waals surface area contributed by atoms with E-state index in [1.54, 1.807) is 24.5 Å². The molecule has 2 aromatic rings. The lowest BCUT2D eigenvalue weighted by Crippen LogP contribution is -1.85. The fourth-order valence-electron chi connectivity index (χ4n) is 1.32. The van der Waals surface area contributed by atoms with Gasteiger partial charge in [0.15, 0.2) is 0 Å². The third-order valence-corrected chi connectivity index (χ3v) is 2.01. The largest absolute Gasteiger partial charge is 0.507 e. The van der Waals surface area contributed by atoms with Crippen molar-refractivity contribution < 1.29 is 5.11 Å². The van der Waals surface area contributed by atoms with Gasteiger partial charge in [-0.15, -0.1) is 0 Å². The smallest absolute Gasteiger partial charge is 0.125 e. The minimum Gasteiger partial charge on any atom is -0.507 e. The minimum atomic E-state index is 0.191. The van der Waals surface area contributed by atoms with Gasteiger partial charge in [0.2, 0.25) is 0 Å². The molecule has 0 atom stereocenters. The van der Waals surface area contributed by atoms with E-state index in [9.17, 15) is 5.11 Å². The van der Waals surface area contributed by atoms with Crippen LogP contribution in [0.25, 0.3) is 11.1 Å². The van der Waals surface area contributed by atoms with E-state index in [-0.39, 0.29) is 5.75 Å². The number of hydrogen-bond acceptors (Lipinski definition) is 3. The molecule has 0 aliphatic heterocycles. The van der Waals surface area contributed by atoms with Crippen molar-refractivity contribution in [3.63, 3.8) is 0 Å². The van der Waals surface area contributed by atoms with E-state index < -0.39 is 0 Å². The van der Waals surface area contributed by atoms with Crippen molar-refractivity contribution in [3.05, 3.63) is 42.7 Å². The Morgan fingerprint density at radius 3 is 2.43 bits per heavy atom. The second-order valence-electron chi connectivity index (χ2n) is 3.01. The van der Waals surface area contributed by atoms with Crippen LogP contribution in [0.2, 0.25) is 0 Å². The van der Waals surface area contributed by atoms with Crippen molar-refractivity contribution in [2.75, 3.05) is 5.73 Å². The van der Waals surface area contributed by atoms with Gasteiger partial charge in [0.25, 0.3) is 0 Å². The molecule has 0 aliphatic carbocycles. The molecule has 14 heavy (non-hydrogen) atoms. The summed E-state index contributed by atoms with van der Waals surface area (Å²) in [6.45, 7) is 0. The van der Waals surface area contributed by atoms with Crippen molar-refractivity contribution in [3.8, 4) is 16.9 Å². The fraction of sp³-hybridized carbons (Fsp3) is 0. The van der Waals surface area contributed by atoms with Crippen LogP contribution in [0, 0.1) is 0 Å². The van der Waals surface area contributed by atoms with Crippen LogP contribution in [0.1, 0.15) is 0 Å². The highest BCUT2D eigenvalue weighted by molar-refractivity contribution is 5.72. The molecule has 1 aromatic carbocycles. The lowest BCUT2D eigenvalue weighted by molar-refractivity contribution is 0.477. The van der Waals surface area contributed by atoms with Crippen molar-refractivity contribution in [2.24, 2.45) is 0 Å². The lowest BCUT2D eigenvalue weighted by atomic mass is 10.1. The normalized spacial score (nSPS) is 10.0. The van der Waals surface area contributed by atoms with Crippen molar-refractivity contribution in [1.29, 1.82) is 0 Å². The van der Waals surface area contributed by atoms with E-state index in [2.05, 4.69) is 4.98 Å². The number of benzene rings is 1. The molecule has 0 radical (unpaired) electrons. The van der Waals surface area contributed by atoms with Crippen molar-refractivity contribution in [1.82, 2.24) is 4.98 Å². The zero-order valence-electron chi connectivity index (χ0n) is 7.51. The second kappa shape index (κ2) is 3.38. The van der Waals surface area contributed by atoms with Gasteiger partial charge >= 0.3 is 0 Å². The molecule has 0 spiro atoms. The van der Waals surface area contributed by atoms with Crippen LogP contribution in [-0.2, 0) is 0 Å². The summed E-state index contributed by atoms with van der Waals surface area (Å²) in [5.74, 6) is 0.191. The summed E-state index contributed by atoms with van der Waals surface area (Å²) in [6, 6.07) is 8.77. The van der Waals surface area contributed by atoms with Crippen molar-refractivity contribution in [2.45, 2.75) is 0 Å². The average molecular weight is 186 g/mol. The standard InChI is InChI=1S/C11H10N2O/c12-9-1-2-10(11(14)7-9)8-3-5-13-6-4-8/h1-7,14H,12H2. The molecule has 0 fully saturated rings. The minimum absolute atomic E-state index is 0.191. The molecule has 70 valence electrons. The number of nitrogens with two attached hydrogens (primary N) is 1. The van der Waals surface area contributed by atoms with E-state index in [0.717, 1.165) is 11.1 Å². The maximum Gasteiger partial charge on any atom is 0.125 e. The molecule has 0 aliphatic rings. The number of nitrogen functional groups attached to an aromatic ring is 1. The monoisotopic (exact) mass is 186 g/mol. The molecule has 0 saturated carbocycles. The van der Waals surface area contributed by atoms with Crippen LogP contribution in [0.5, 0.6) is 5.75 Å². The van der Waals surface area contributed by atoms with E-state index in [4.69, 9.17) is 5.73 Å². The fourth-order valence-corrected chi connectivity index (χ4v) is 1.32. The van der Waals surface area contributed by atoms with Gasteiger partial charge in [0, 0.05) is 29.7 Å². The molecule has 3 N–H and O–H groups in total. The van der Waals surface area contributed by atoms with Crippen LogP contribution in [0.3, 0.4) is 0 Å². The highest BCUT2D eigenvalue weighted by Gasteiger charge is 2.03. The first kappa shape index (κ1) is 8.56. The Morgan fingerprint density at radius 2 is 1.79 bits per heavy atom. The molecule has 1 heterocycles.